The maximum absolute atomic E-state index is 4.18. The molecule has 1 aliphatic heterocycles. The molecule has 0 aliphatic carbocycles. The summed E-state index contributed by atoms with van der Waals surface area (Å²) >= 11 is 0. The van der Waals surface area contributed by atoms with E-state index in [-0.39, 0.29) is 0 Å². The minimum Gasteiger partial charge on any atom is -0.384 e. The molecule has 0 radical (unpaired) electrons. The fourth-order valence-corrected chi connectivity index (χ4v) is 2.08. The third-order valence-electron chi connectivity index (χ3n) is 3.16. The molecule has 0 saturated carbocycles. The molecule has 0 amide bonds. The molecule has 2 heteroatoms. The first kappa shape index (κ1) is 14.1. The monoisotopic (exact) mass is 264 g/mol. The molecule has 102 valence electrons. The van der Waals surface area contributed by atoms with Crippen molar-refractivity contribution < 1.29 is 0 Å². The van der Waals surface area contributed by atoms with E-state index in [9.17, 15) is 0 Å². The number of nitrogens with one attached hydrogen (secondary N) is 1. The molecule has 0 fully saturated rings. The van der Waals surface area contributed by atoms with Crippen LogP contribution in [0.15, 0.2) is 66.2 Å². The first-order chi connectivity index (χ1) is 9.81. The van der Waals surface area contributed by atoms with Gasteiger partial charge in [0.1, 0.15) is 0 Å². The highest BCUT2D eigenvalue weighted by atomic mass is 14.9. The van der Waals surface area contributed by atoms with E-state index in [1.54, 1.807) is 12.3 Å². The van der Waals surface area contributed by atoms with Gasteiger partial charge in [-0.25, -0.2) is 0 Å². The number of fused-ring (bicyclic) bond motifs is 1. The number of rotatable bonds is 2. The second-order valence-corrected chi connectivity index (χ2v) is 4.63. The third kappa shape index (κ3) is 3.82. The Morgan fingerprint density at radius 2 is 1.85 bits per heavy atom. The summed E-state index contributed by atoms with van der Waals surface area (Å²) in [6.07, 6.45) is 4.56. The van der Waals surface area contributed by atoms with Crippen LogP contribution in [0.25, 0.3) is 0 Å². The van der Waals surface area contributed by atoms with Crippen molar-refractivity contribution in [3.63, 3.8) is 0 Å². The van der Waals surface area contributed by atoms with Crippen LogP contribution in [0.5, 0.6) is 0 Å². The Bertz CT molecular complexity index is 577. The zero-order valence-electron chi connectivity index (χ0n) is 11.8. The topological polar surface area (TPSA) is 24.4 Å². The number of para-hydroxylation sites is 2. The van der Waals surface area contributed by atoms with Gasteiger partial charge in [-0.3, -0.25) is 4.99 Å². The van der Waals surface area contributed by atoms with Crippen LogP contribution in [0, 0.1) is 6.92 Å². The Hall–Kier alpha value is -2.35. The SMILES string of the molecule is C=CC=Nc1ccccc1C.c1ccc2c(c1)CCN2. The maximum Gasteiger partial charge on any atom is 0.0658 e. The zero-order valence-corrected chi connectivity index (χ0v) is 11.8. The molecule has 0 aromatic heterocycles. The summed E-state index contributed by atoms with van der Waals surface area (Å²) in [7, 11) is 0. The summed E-state index contributed by atoms with van der Waals surface area (Å²) in [4.78, 5) is 4.18. The Morgan fingerprint density at radius 3 is 2.60 bits per heavy atom. The van der Waals surface area contributed by atoms with Crippen molar-refractivity contribution in [2.45, 2.75) is 13.3 Å². The van der Waals surface area contributed by atoms with Gasteiger partial charge >= 0.3 is 0 Å². The number of allylic oxidation sites excluding steroid dienone is 1. The minimum atomic E-state index is 1.01. The Kier molecular flexibility index (Phi) is 5.13. The van der Waals surface area contributed by atoms with Crippen molar-refractivity contribution in [2.75, 3.05) is 11.9 Å². The zero-order chi connectivity index (χ0) is 14.2. The Morgan fingerprint density at radius 1 is 1.10 bits per heavy atom. The van der Waals surface area contributed by atoms with Crippen LogP contribution in [0.4, 0.5) is 11.4 Å². The summed E-state index contributed by atoms with van der Waals surface area (Å²) in [5, 5.41) is 3.30. The number of nitrogens with zero attached hydrogens (tertiary/aromatic N) is 1. The minimum absolute atomic E-state index is 1.01. The summed E-state index contributed by atoms with van der Waals surface area (Å²) in [6.45, 7) is 6.70. The second-order valence-electron chi connectivity index (χ2n) is 4.63. The highest BCUT2D eigenvalue weighted by Gasteiger charge is 2.05. The van der Waals surface area contributed by atoms with Gasteiger partial charge in [-0.2, -0.15) is 0 Å². The molecule has 1 N–H and O–H groups in total. The van der Waals surface area contributed by atoms with E-state index in [0.717, 1.165) is 12.2 Å². The average molecular weight is 264 g/mol. The van der Waals surface area contributed by atoms with Gasteiger partial charge in [-0.1, -0.05) is 49.1 Å². The van der Waals surface area contributed by atoms with Crippen LogP contribution in [-0.2, 0) is 6.42 Å². The van der Waals surface area contributed by atoms with Crippen molar-refractivity contribution >= 4 is 17.6 Å². The van der Waals surface area contributed by atoms with Gasteiger partial charge in [0.2, 0.25) is 0 Å². The summed E-state index contributed by atoms with van der Waals surface area (Å²) < 4.78 is 0. The van der Waals surface area contributed by atoms with E-state index in [2.05, 4.69) is 41.2 Å². The predicted octanol–water partition coefficient (Wildman–Crippen LogP) is 4.54. The largest absolute Gasteiger partial charge is 0.384 e. The van der Waals surface area contributed by atoms with E-state index < -0.39 is 0 Å². The van der Waals surface area contributed by atoms with Crippen molar-refractivity contribution in [3.8, 4) is 0 Å². The molecule has 1 heterocycles. The quantitative estimate of drug-likeness (QED) is 0.791. The smallest absolute Gasteiger partial charge is 0.0658 e. The van der Waals surface area contributed by atoms with Gasteiger partial charge in [-0.15, -0.1) is 0 Å². The van der Waals surface area contributed by atoms with Crippen molar-refractivity contribution in [2.24, 2.45) is 4.99 Å². The molecule has 0 atom stereocenters. The molecule has 2 nitrogen and oxygen atoms in total. The normalized spacial score (nSPS) is 12.2. The second kappa shape index (κ2) is 7.29. The van der Waals surface area contributed by atoms with Gasteiger partial charge in [0.15, 0.2) is 0 Å². The molecule has 0 spiro atoms. The Balaban J connectivity index is 0.000000149. The van der Waals surface area contributed by atoms with Crippen LogP contribution >= 0.6 is 0 Å². The molecule has 0 bridgehead atoms. The molecular weight excluding hydrogens is 244 g/mol. The molecular formula is C18H20N2. The van der Waals surface area contributed by atoms with E-state index in [1.165, 1.54) is 23.2 Å². The lowest BCUT2D eigenvalue weighted by molar-refractivity contribution is 1.11. The molecule has 2 aromatic carbocycles. The lowest BCUT2D eigenvalue weighted by atomic mass is 10.2. The molecule has 20 heavy (non-hydrogen) atoms. The summed E-state index contributed by atoms with van der Waals surface area (Å²) in [6, 6.07) is 16.5. The van der Waals surface area contributed by atoms with Gasteiger partial charge in [0.25, 0.3) is 0 Å². The molecule has 2 aromatic rings. The van der Waals surface area contributed by atoms with E-state index in [1.807, 2.05) is 31.2 Å². The number of anilines is 1. The van der Waals surface area contributed by atoms with Crippen LogP contribution < -0.4 is 5.32 Å². The first-order valence-corrected chi connectivity index (χ1v) is 6.84. The number of aliphatic imine (C=N–C) groups is 1. The maximum atomic E-state index is 4.18. The fourth-order valence-electron chi connectivity index (χ4n) is 2.08. The van der Waals surface area contributed by atoms with Crippen molar-refractivity contribution in [1.29, 1.82) is 0 Å². The van der Waals surface area contributed by atoms with Gasteiger partial charge in [0, 0.05) is 18.4 Å². The fraction of sp³-hybridized carbons (Fsp3) is 0.167. The summed E-state index contributed by atoms with van der Waals surface area (Å²) in [5.74, 6) is 0. The van der Waals surface area contributed by atoms with Gasteiger partial charge in [-0.05, 0) is 36.6 Å². The van der Waals surface area contributed by atoms with E-state index >= 15 is 0 Å². The lowest BCUT2D eigenvalue weighted by Crippen LogP contribution is -1.90. The molecule has 3 rings (SSSR count). The van der Waals surface area contributed by atoms with Gasteiger partial charge < -0.3 is 5.32 Å². The standard InChI is InChI=1S/C10H11N.C8H9N/c1-3-8-11-10-7-5-4-6-9(10)2;1-2-4-8-7(3-1)5-6-9-8/h3-8H,1H2,2H3;1-4,9H,5-6H2. The number of hydrogen-bond donors (Lipinski definition) is 1. The predicted molar refractivity (Wildman–Crippen MR) is 88.2 cm³/mol. The van der Waals surface area contributed by atoms with Crippen molar-refractivity contribution in [3.05, 3.63) is 72.3 Å². The van der Waals surface area contributed by atoms with Crippen LogP contribution in [0.2, 0.25) is 0 Å². The highest BCUT2D eigenvalue weighted by Crippen LogP contribution is 2.20. The van der Waals surface area contributed by atoms with Crippen molar-refractivity contribution in [1.82, 2.24) is 0 Å². The third-order valence-corrected chi connectivity index (χ3v) is 3.16. The summed E-state index contributed by atoms with van der Waals surface area (Å²) in [5.41, 5.74) is 4.97. The van der Waals surface area contributed by atoms with Gasteiger partial charge in [0.05, 0.1) is 5.69 Å². The van der Waals surface area contributed by atoms with E-state index in [0.29, 0.717) is 0 Å². The first-order valence-electron chi connectivity index (χ1n) is 6.84. The number of benzene rings is 2. The number of hydrogen-bond acceptors (Lipinski definition) is 2. The molecule has 1 aliphatic rings. The van der Waals surface area contributed by atoms with Crippen LogP contribution in [0.3, 0.4) is 0 Å². The lowest BCUT2D eigenvalue weighted by Gasteiger charge is -1.95. The molecule has 0 unspecified atom stereocenters. The van der Waals surface area contributed by atoms with E-state index in [4.69, 9.17) is 0 Å². The van der Waals surface area contributed by atoms with Crippen LogP contribution in [0.1, 0.15) is 11.1 Å². The van der Waals surface area contributed by atoms with Crippen LogP contribution in [-0.4, -0.2) is 12.8 Å². The average Bonchev–Trinajstić information content (AvgIpc) is 2.96. The molecule has 0 saturated heterocycles. The Labute approximate surface area is 120 Å². The number of aryl methyl sites for hydroxylation is 1. The highest BCUT2D eigenvalue weighted by molar-refractivity contribution is 5.74.